The number of hydrogen-bond donors (Lipinski definition) is 1. The van der Waals surface area contributed by atoms with Gasteiger partial charge < -0.3 is 9.63 Å². The molecule has 0 aliphatic heterocycles. The van der Waals surface area contributed by atoms with Crippen LogP contribution >= 0.6 is 0 Å². The van der Waals surface area contributed by atoms with Gasteiger partial charge in [-0.3, -0.25) is 9.36 Å². The van der Waals surface area contributed by atoms with Crippen molar-refractivity contribution in [2.45, 2.75) is 13.5 Å². The summed E-state index contributed by atoms with van der Waals surface area (Å²) in [5, 5.41) is 13.5. The third-order valence-corrected chi connectivity index (χ3v) is 2.26. The standard InChI is InChI=1S/C9H10N2O3/c1-5-7-3-6(4-12)8(13)11(2)9(7)14-10-5/h3,12H,4H2,1-2H3. The van der Waals surface area contributed by atoms with Crippen LogP contribution in [0.1, 0.15) is 11.3 Å². The lowest BCUT2D eigenvalue weighted by Crippen LogP contribution is -2.20. The molecule has 2 heterocycles. The molecule has 0 atom stereocenters. The Morgan fingerprint density at radius 3 is 3.00 bits per heavy atom. The van der Waals surface area contributed by atoms with Crippen LogP contribution in [0.25, 0.3) is 11.1 Å². The predicted molar refractivity (Wildman–Crippen MR) is 49.9 cm³/mol. The van der Waals surface area contributed by atoms with Gasteiger partial charge in [-0.15, -0.1) is 0 Å². The zero-order valence-corrected chi connectivity index (χ0v) is 7.94. The number of aryl methyl sites for hydroxylation is 2. The molecule has 0 saturated carbocycles. The Morgan fingerprint density at radius 2 is 2.36 bits per heavy atom. The molecule has 14 heavy (non-hydrogen) atoms. The van der Waals surface area contributed by atoms with Gasteiger partial charge in [0.15, 0.2) is 0 Å². The Labute approximate surface area is 79.6 Å². The van der Waals surface area contributed by atoms with Crippen molar-refractivity contribution in [3.05, 3.63) is 27.7 Å². The van der Waals surface area contributed by atoms with E-state index in [1.165, 1.54) is 4.57 Å². The first-order valence-corrected chi connectivity index (χ1v) is 4.21. The number of rotatable bonds is 1. The van der Waals surface area contributed by atoms with Crippen molar-refractivity contribution < 1.29 is 9.63 Å². The van der Waals surface area contributed by atoms with Gasteiger partial charge in [0.1, 0.15) is 0 Å². The molecule has 0 bridgehead atoms. The first-order valence-electron chi connectivity index (χ1n) is 4.21. The summed E-state index contributed by atoms with van der Waals surface area (Å²) in [4.78, 5) is 11.5. The molecule has 0 aliphatic rings. The Balaban J connectivity index is 2.95. The van der Waals surface area contributed by atoms with Crippen molar-refractivity contribution in [1.82, 2.24) is 9.72 Å². The van der Waals surface area contributed by atoms with Crippen molar-refractivity contribution in [1.29, 1.82) is 0 Å². The molecular formula is C9H10N2O3. The second kappa shape index (κ2) is 2.95. The highest BCUT2D eigenvalue weighted by atomic mass is 16.5. The molecule has 5 heteroatoms. The van der Waals surface area contributed by atoms with Gasteiger partial charge in [-0.25, -0.2) is 0 Å². The van der Waals surface area contributed by atoms with E-state index in [-0.39, 0.29) is 12.2 Å². The molecule has 2 aromatic rings. The minimum atomic E-state index is -0.271. The molecule has 0 saturated heterocycles. The van der Waals surface area contributed by atoms with E-state index in [4.69, 9.17) is 9.63 Å². The van der Waals surface area contributed by atoms with Crippen LogP contribution in [0, 0.1) is 6.92 Å². The average Bonchev–Trinajstić information content (AvgIpc) is 2.54. The smallest absolute Gasteiger partial charge is 0.258 e. The van der Waals surface area contributed by atoms with Crippen molar-refractivity contribution >= 4 is 11.1 Å². The first-order chi connectivity index (χ1) is 6.65. The Morgan fingerprint density at radius 1 is 1.64 bits per heavy atom. The van der Waals surface area contributed by atoms with Crippen molar-refractivity contribution in [3.8, 4) is 0 Å². The van der Waals surface area contributed by atoms with E-state index >= 15 is 0 Å². The quantitative estimate of drug-likeness (QED) is 0.710. The predicted octanol–water partition coefficient (Wildman–Crippen LogP) is 0.327. The van der Waals surface area contributed by atoms with Gasteiger partial charge in [0.2, 0.25) is 5.71 Å². The number of fused-ring (bicyclic) bond motifs is 1. The number of aliphatic hydroxyl groups is 1. The fraction of sp³-hybridized carbons (Fsp3) is 0.333. The number of aromatic nitrogens is 2. The SMILES string of the molecule is Cc1noc2c1cc(CO)c(=O)n2C. The van der Waals surface area contributed by atoms with E-state index in [0.29, 0.717) is 17.0 Å². The first kappa shape index (κ1) is 8.96. The third kappa shape index (κ3) is 1.06. The highest BCUT2D eigenvalue weighted by molar-refractivity contribution is 5.76. The monoisotopic (exact) mass is 194 g/mol. The maximum Gasteiger partial charge on any atom is 0.258 e. The lowest BCUT2D eigenvalue weighted by molar-refractivity contribution is 0.279. The van der Waals surface area contributed by atoms with E-state index in [0.717, 1.165) is 5.39 Å². The summed E-state index contributed by atoms with van der Waals surface area (Å²) in [5.74, 6) is 0. The summed E-state index contributed by atoms with van der Waals surface area (Å²) in [6, 6.07) is 1.61. The molecule has 0 aliphatic carbocycles. The van der Waals surface area contributed by atoms with E-state index < -0.39 is 0 Å². The number of pyridine rings is 1. The normalized spacial score (nSPS) is 11.1. The summed E-state index contributed by atoms with van der Waals surface area (Å²) in [6.45, 7) is 1.52. The molecule has 0 spiro atoms. The Kier molecular flexibility index (Phi) is 1.89. The van der Waals surface area contributed by atoms with Crippen LogP contribution in [0.4, 0.5) is 0 Å². The average molecular weight is 194 g/mol. The fourth-order valence-electron chi connectivity index (χ4n) is 1.43. The van der Waals surface area contributed by atoms with Crippen LogP contribution in [0.5, 0.6) is 0 Å². The summed E-state index contributed by atoms with van der Waals surface area (Å²) in [5.41, 5.74) is 1.25. The number of nitrogens with zero attached hydrogens (tertiary/aromatic N) is 2. The molecular weight excluding hydrogens is 184 g/mol. The van der Waals surface area contributed by atoms with Gasteiger partial charge >= 0.3 is 0 Å². The van der Waals surface area contributed by atoms with E-state index in [1.54, 1.807) is 20.0 Å². The highest BCUT2D eigenvalue weighted by Crippen LogP contribution is 2.16. The second-order valence-corrected chi connectivity index (χ2v) is 3.18. The summed E-state index contributed by atoms with van der Waals surface area (Å²) >= 11 is 0. The van der Waals surface area contributed by atoms with Crippen LogP contribution in [-0.2, 0) is 13.7 Å². The number of aliphatic hydroxyl groups excluding tert-OH is 1. The van der Waals surface area contributed by atoms with E-state index in [2.05, 4.69) is 5.16 Å². The number of hydrogen-bond acceptors (Lipinski definition) is 4. The topological polar surface area (TPSA) is 68.3 Å². The van der Waals surface area contributed by atoms with Crippen molar-refractivity contribution in [3.63, 3.8) is 0 Å². The van der Waals surface area contributed by atoms with Crippen molar-refractivity contribution in [2.75, 3.05) is 0 Å². The molecule has 74 valence electrons. The van der Waals surface area contributed by atoms with Gasteiger partial charge in [-0.1, -0.05) is 5.16 Å². The van der Waals surface area contributed by atoms with Crippen molar-refractivity contribution in [2.24, 2.45) is 7.05 Å². The Hall–Kier alpha value is -1.62. The van der Waals surface area contributed by atoms with Gasteiger partial charge in [-0.2, -0.15) is 0 Å². The third-order valence-electron chi connectivity index (χ3n) is 2.26. The van der Waals surface area contributed by atoms with E-state index in [9.17, 15) is 4.79 Å². The molecule has 0 unspecified atom stereocenters. The minimum absolute atomic E-state index is 0.254. The van der Waals surface area contributed by atoms with E-state index in [1.807, 2.05) is 0 Å². The molecule has 1 N–H and O–H groups in total. The van der Waals surface area contributed by atoms with Crippen LogP contribution in [-0.4, -0.2) is 14.8 Å². The summed E-state index contributed by atoms with van der Waals surface area (Å²) < 4.78 is 6.34. The van der Waals surface area contributed by atoms with Crippen LogP contribution < -0.4 is 5.56 Å². The second-order valence-electron chi connectivity index (χ2n) is 3.18. The maximum absolute atomic E-state index is 11.5. The fourth-order valence-corrected chi connectivity index (χ4v) is 1.43. The maximum atomic E-state index is 11.5. The summed E-state index contributed by atoms with van der Waals surface area (Å²) in [7, 11) is 1.59. The lowest BCUT2D eigenvalue weighted by atomic mass is 10.2. The molecule has 0 radical (unpaired) electrons. The van der Waals surface area contributed by atoms with Gasteiger partial charge in [0, 0.05) is 12.6 Å². The molecule has 0 aromatic carbocycles. The molecule has 0 amide bonds. The van der Waals surface area contributed by atoms with Crippen LogP contribution in [0.15, 0.2) is 15.4 Å². The largest absolute Gasteiger partial charge is 0.391 e. The Bertz CT molecular complexity index is 539. The lowest BCUT2D eigenvalue weighted by Gasteiger charge is -2.00. The molecule has 2 aromatic heterocycles. The van der Waals surface area contributed by atoms with Crippen LogP contribution in [0.2, 0.25) is 0 Å². The molecule has 0 fully saturated rings. The zero-order valence-electron chi connectivity index (χ0n) is 7.94. The van der Waals surface area contributed by atoms with Gasteiger partial charge in [0.05, 0.1) is 17.7 Å². The molecule has 5 nitrogen and oxygen atoms in total. The zero-order chi connectivity index (χ0) is 10.3. The summed E-state index contributed by atoms with van der Waals surface area (Å²) in [6.07, 6.45) is 0. The van der Waals surface area contributed by atoms with Crippen LogP contribution in [0.3, 0.4) is 0 Å². The minimum Gasteiger partial charge on any atom is -0.391 e. The highest BCUT2D eigenvalue weighted by Gasteiger charge is 2.11. The van der Waals surface area contributed by atoms with Gasteiger partial charge in [-0.05, 0) is 13.0 Å². The molecule has 2 rings (SSSR count). The van der Waals surface area contributed by atoms with Gasteiger partial charge in [0.25, 0.3) is 5.56 Å².